The van der Waals surface area contributed by atoms with Crippen molar-refractivity contribution in [3.63, 3.8) is 0 Å². The normalized spacial score (nSPS) is 24.3. The summed E-state index contributed by atoms with van der Waals surface area (Å²) in [5, 5.41) is 2.77. The van der Waals surface area contributed by atoms with Gasteiger partial charge in [-0.15, -0.1) is 0 Å². The molecule has 1 heterocycles. The zero-order chi connectivity index (χ0) is 8.27. The number of carbonyl (C=O) groups is 1. The van der Waals surface area contributed by atoms with Gasteiger partial charge in [-0.25, -0.2) is 0 Å². The van der Waals surface area contributed by atoms with E-state index >= 15 is 0 Å². The van der Waals surface area contributed by atoms with Gasteiger partial charge in [-0.3, -0.25) is 4.79 Å². The molecule has 0 radical (unpaired) electrons. The first-order chi connectivity index (χ1) is 5.18. The molecule has 1 rings (SSSR count). The van der Waals surface area contributed by atoms with E-state index < -0.39 is 0 Å². The van der Waals surface area contributed by atoms with Crippen molar-refractivity contribution >= 4 is 5.91 Å². The molecule has 1 saturated heterocycles. The highest BCUT2D eigenvalue weighted by Gasteiger charge is 2.21. The van der Waals surface area contributed by atoms with Gasteiger partial charge in [-0.1, -0.05) is 0 Å². The highest BCUT2D eigenvalue weighted by atomic mass is 16.5. The van der Waals surface area contributed by atoms with Crippen LogP contribution in [-0.2, 0) is 9.53 Å². The number of ether oxygens (including phenoxy) is 1. The third kappa shape index (κ3) is 2.89. The van der Waals surface area contributed by atoms with Gasteiger partial charge in [0.05, 0.1) is 12.7 Å². The van der Waals surface area contributed by atoms with Crippen molar-refractivity contribution in [2.45, 2.75) is 26.4 Å². The second-order valence-electron chi connectivity index (χ2n) is 3.26. The number of nitrogens with one attached hydrogen (secondary N) is 1. The highest BCUT2D eigenvalue weighted by Crippen LogP contribution is 2.09. The molecule has 1 fully saturated rings. The minimum atomic E-state index is 0.155. The van der Waals surface area contributed by atoms with Crippen LogP contribution in [0.25, 0.3) is 0 Å². The predicted molar refractivity (Wildman–Crippen MR) is 42.2 cm³/mol. The summed E-state index contributed by atoms with van der Waals surface area (Å²) < 4.78 is 5.38. The molecule has 1 N–H and O–H groups in total. The lowest BCUT2D eigenvalue weighted by Gasteiger charge is -2.10. The molecular weight excluding hydrogens is 142 g/mol. The van der Waals surface area contributed by atoms with E-state index in [4.69, 9.17) is 4.74 Å². The average Bonchev–Trinajstić information content (AvgIpc) is 2.31. The molecule has 1 unspecified atom stereocenters. The van der Waals surface area contributed by atoms with Crippen molar-refractivity contribution in [3.8, 4) is 0 Å². The Hall–Kier alpha value is -0.570. The van der Waals surface area contributed by atoms with Gasteiger partial charge in [0.2, 0.25) is 5.91 Å². The van der Waals surface area contributed by atoms with Gasteiger partial charge in [0.15, 0.2) is 0 Å². The van der Waals surface area contributed by atoms with Crippen LogP contribution in [0.15, 0.2) is 0 Å². The molecule has 64 valence electrons. The lowest BCUT2D eigenvalue weighted by Crippen LogP contribution is -2.17. The molecule has 11 heavy (non-hydrogen) atoms. The monoisotopic (exact) mass is 157 g/mol. The lowest BCUT2D eigenvalue weighted by molar-refractivity contribution is -0.119. The van der Waals surface area contributed by atoms with Crippen LogP contribution in [0, 0.1) is 5.92 Å². The Kier molecular flexibility index (Phi) is 2.88. The Morgan fingerprint density at radius 2 is 2.45 bits per heavy atom. The largest absolute Gasteiger partial charge is 0.378 e. The summed E-state index contributed by atoms with van der Waals surface area (Å²) in [6, 6.07) is 0. The van der Waals surface area contributed by atoms with Crippen LogP contribution in [0.3, 0.4) is 0 Å². The lowest BCUT2D eigenvalue weighted by atomic mass is 10.1. The van der Waals surface area contributed by atoms with E-state index in [1.165, 1.54) is 0 Å². The summed E-state index contributed by atoms with van der Waals surface area (Å²) in [7, 11) is 0. The first-order valence-corrected chi connectivity index (χ1v) is 4.07. The van der Waals surface area contributed by atoms with Crippen LogP contribution >= 0.6 is 0 Å². The standard InChI is InChI=1S/C8H15NO2/c1-6(2)11-5-7-3-8(10)9-4-7/h6-7H,3-5H2,1-2H3,(H,9,10). The maximum absolute atomic E-state index is 10.7. The second-order valence-corrected chi connectivity index (χ2v) is 3.26. The minimum absolute atomic E-state index is 0.155. The first-order valence-electron chi connectivity index (χ1n) is 4.07. The van der Waals surface area contributed by atoms with Crippen LogP contribution in [0.5, 0.6) is 0 Å². The Balaban J connectivity index is 2.13. The van der Waals surface area contributed by atoms with Gasteiger partial charge in [0.1, 0.15) is 0 Å². The topological polar surface area (TPSA) is 38.3 Å². The molecule has 1 aliphatic heterocycles. The van der Waals surface area contributed by atoms with Crippen molar-refractivity contribution in [1.29, 1.82) is 0 Å². The smallest absolute Gasteiger partial charge is 0.220 e. The zero-order valence-corrected chi connectivity index (χ0v) is 7.09. The quantitative estimate of drug-likeness (QED) is 0.649. The fourth-order valence-corrected chi connectivity index (χ4v) is 1.11. The molecule has 1 amide bonds. The van der Waals surface area contributed by atoms with E-state index in [1.54, 1.807) is 0 Å². The number of hydrogen-bond donors (Lipinski definition) is 1. The van der Waals surface area contributed by atoms with Crippen LogP contribution in [-0.4, -0.2) is 25.2 Å². The molecule has 0 aromatic rings. The Labute approximate surface area is 67.1 Å². The van der Waals surface area contributed by atoms with E-state index in [9.17, 15) is 4.79 Å². The second kappa shape index (κ2) is 3.72. The van der Waals surface area contributed by atoms with Gasteiger partial charge in [-0.05, 0) is 13.8 Å². The molecule has 3 heteroatoms. The van der Waals surface area contributed by atoms with Gasteiger partial charge in [-0.2, -0.15) is 0 Å². The molecule has 1 atom stereocenters. The van der Waals surface area contributed by atoms with Gasteiger partial charge in [0.25, 0.3) is 0 Å². The number of carbonyl (C=O) groups excluding carboxylic acids is 1. The molecule has 3 nitrogen and oxygen atoms in total. The zero-order valence-electron chi connectivity index (χ0n) is 7.09. The van der Waals surface area contributed by atoms with Gasteiger partial charge < -0.3 is 10.1 Å². The fraction of sp³-hybridized carbons (Fsp3) is 0.875. The highest BCUT2D eigenvalue weighted by molar-refractivity contribution is 5.78. The van der Waals surface area contributed by atoms with Crippen LogP contribution in [0.2, 0.25) is 0 Å². The first kappa shape index (κ1) is 8.53. The number of hydrogen-bond acceptors (Lipinski definition) is 2. The average molecular weight is 157 g/mol. The summed E-state index contributed by atoms with van der Waals surface area (Å²) in [6.07, 6.45) is 0.901. The summed E-state index contributed by atoms with van der Waals surface area (Å²) in [6.45, 7) is 5.50. The molecule has 0 aromatic carbocycles. The van der Waals surface area contributed by atoms with Crippen molar-refractivity contribution in [1.82, 2.24) is 5.32 Å². The fourth-order valence-electron chi connectivity index (χ4n) is 1.11. The molecule has 1 aliphatic rings. The molecular formula is C8H15NO2. The molecule has 0 spiro atoms. The van der Waals surface area contributed by atoms with Crippen LogP contribution in [0.1, 0.15) is 20.3 Å². The molecule has 0 saturated carbocycles. The van der Waals surface area contributed by atoms with Gasteiger partial charge >= 0.3 is 0 Å². The third-order valence-corrected chi connectivity index (χ3v) is 1.73. The summed E-state index contributed by atoms with van der Waals surface area (Å²) in [5.74, 6) is 0.548. The van der Waals surface area contributed by atoms with Crippen molar-refractivity contribution < 1.29 is 9.53 Å². The van der Waals surface area contributed by atoms with Crippen molar-refractivity contribution in [2.24, 2.45) is 5.92 Å². The third-order valence-electron chi connectivity index (χ3n) is 1.73. The number of rotatable bonds is 3. The Morgan fingerprint density at radius 1 is 1.73 bits per heavy atom. The summed E-state index contributed by atoms with van der Waals surface area (Å²) in [4.78, 5) is 10.7. The Morgan fingerprint density at radius 3 is 2.91 bits per heavy atom. The SMILES string of the molecule is CC(C)OCC1CNC(=O)C1. The van der Waals surface area contributed by atoms with E-state index in [0.717, 1.165) is 6.54 Å². The number of amides is 1. The summed E-state index contributed by atoms with van der Waals surface area (Å²) >= 11 is 0. The maximum atomic E-state index is 10.7. The van der Waals surface area contributed by atoms with Crippen molar-refractivity contribution in [2.75, 3.05) is 13.2 Å². The summed E-state index contributed by atoms with van der Waals surface area (Å²) in [5.41, 5.74) is 0. The van der Waals surface area contributed by atoms with E-state index in [2.05, 4.69) is 5.32 Å². The molecule has 0 bridgehead atoms. The molecule has 0 aliphatic carbocycles. The van der Waals surface area contributed by atoms with Crippen LogP contribution < -0.4 is 5.32 Å². The van der Waals surface area contributed by atoms with Crippen molar-refractivity contribution in [3.05, 3.63) is 0 Å². The van der Waals surface area contributed by atoms with E-state index in [-0.39, 0.29) is 12.0 Å². The van der Waals surface area contributed by atoms with E-state index in [1.807, 2.05) is 13.8 Å². The maximum Gasteiger partial charge on any atom is 0.220 e. The Bertz CT molecular complexity index is 145. The van der Waals surface area contributed by atoms with E-state index in [0.29, 0.717) is 18.9 Å². The molecule has 0 aromatic heterocycles. The minimum Gasteiger partial charge on any atom is -0.378 e. The van der Waals surface area contributed by atoms with Crippen LogP contribution in [0.4, 0.5) is 0 Å². The van der Waals surface area contributed by atoms with Gasteiger partial charge in [0, 0.05) is 18.9 Å². The predicted octanol–water partition coefficient (Wildman–Crippen LogP) is 0.547.